The highest BCUT2D eigenvalue weighted by atomic mass is 32.1. The van der Waals surface area contributed by atoms with E-state index in [0.717, 1.165) is 5.56 Å². The van der Waals surface area contributed by atoms with Crippen molar-refractivity contribution >= 4 is 23.1 Å². The second-order valence-electron chi connectivity index (χ2n) is 4.84. The standard InChI is InChI=1S/C14H18FN3O2S/c1-17-14(19)12-8-20-5-4-18(12)7-9-2-3-10(15)6-11(9)13(16)21/h2-3,6,12H,4-5,7-8H2,1H3,(H2,16,21)(H,17,19). The number of rotatable bonds is 4. The topological polar surface area (TPSA) is 67.6 Å². The molecule has 114 valence electrons. The molecular weight excluding hydrogens is 293 g/mol. The largest absolute Gasteiger partial charge is 0.389 e. The summed E-state index contributed by atoms with van der Waals surface area (Å²) >= 11 is 4.97. The Bertz CT molecular complexity index is 553. The van der Waals surface area contributed by atoms with Crippen LogP contribution >= 0.6 is 12.2 Å². The predicted octanol–water partition coefficient (Wildman–Crippen LogP) is 0.407. The molecule has 1 saturated heterocycles. The van der Waals surface area contributed by atoms with Crippen molar-refractivity contribution in [3.05, 3.63) is 35.1 Å². The van der Waals surface area contributed by atoms with Crippen LogP contribution in [0.15, 0.2) is 18.2 Å². The van der Waals surface area contributed by atoms with Crippen LogP contribution < -0.4 is 11.1 Å². The van der Waals surface area contributed by atoms with Crippen LogP contribution in [-0.2, 0) is 16.1 Å². The highest BCUT2D eigenvalue weighted by molar-refractivity contribution is 7.80. The first-order valence-corrected chi connectivity index (χ1v) is 7.05. The Hall–Kier alpha value is -1.57. The van der Waals surface area contributed by atoms with Gasteiger partial charge in [-0.25, -0.2) is 4.39 Å². The number of halogens is 1. The quantitative estimate of drug-likeness (QED) is 0.788. The average molecular weight is 311 g/mol. The zero-order chi connectivity index (χ0) is 15.4. The van der Waals surface area contributed by atoms with Crippen LogP contribution in [0.3, 0.4) is 0 Å². The van der Waals surface area contributed by atoms with Crippen LogP contribution in [0.4, 0.5) is 4.39 Å². The third-order valence-electron chi connectivity index (χ3n) is 3.50. The fraction of sp³-hybridized carbons (Fsp3) is 0.429. The molecule has 1 aromatic carbocycles. The van der Waals surface area contributed by atoms with Crippen molar-refractivity contribution in [1.29, 1.82) is 0 Å². The van der Waals surface area contributed by atoms with E-state index in [1.54, 1.807) is 13.1 Å². The summed E-state index contributed by atoms with van der Waals surface area (Å²) in [5, 5.41) is 2.63. The molecule has 1 atom stereocenters. The highest BCUT2D eigenvalue weighted by Crippen LogP contribution is 2.17. The van der Waals surface area contributed by atoms with E-state index < -0.39 is 0 Å². The van der Waals surface area contributed by atoms with Gasteiger partial charge in [-0.15, -0.1) is 0 Å². The molecule has 2 rings (SSSR count). The van der Waals surface area contributed by atoms with Crippen molar-refractivity contribution in [2.45, 2.75) is 12.6 Å². The number of nitrogens with one attached hydrogen (secondary N) is 1. The molecule has 1 unspecified atom stereocenters. The molecule has 0 saturated carbocycles. The van der Waals surface area contributed by atoms with Crippen LogP contribution in [0.1, 0.15) is 11.1 Å². The van der Waals surface area contributed by atoms with Crippen molar-refractivity contribution in [2.75, 3.05) is 26.8 Å². The van der Waals surface area contributed by atoms with Gasteiger partial charge in [-0.3, -0.25) is 9.69 Å². The highest BCUT2D eigenvalue weighted by Gasteiger charge is 2.29. The van der Waals surface area contributed by atoms with Gasteiger partial charge < -0.3 is 15.8 Å². The zero-order valence-corrected chi connectivity index (χ0v) is 12.6. The lowest BCUT2D eigenvalue weighted by Crippen LogP contribution is -2.52. The molecule has 0 spiro atoms. The number of morpholine rings is 1. The molecule has 0 bridgehead atoms. The van der Waals surface area contributed by atoms with Gasteiger partial charge in [0.1, 0.15) is 16.8 Å². The monoisotopic (exact) mass is 311 g/mol. The number of carbonyl (C=O) groups excluding carboxylic acids is 1. The number of hydrogen-bond donors (Lipinski definition) is 2. The Kier molecular flexibility index (Phi) is 5.22. The summed E-state index contributed by atoms with van der Waals surface area (Å²) in [6.07, 6.45) is 0. The summed E-state index contributed by atoms with van der Waals surface area (Å²) in [4.78, 5) is 14.0. The van der Waals surface area contributed by atoms with Gasteiger partial charge in [0.15, 0.2) is 0 Å². The van der Waals surface area contributed by atoms with Gasteiger partial charge in [0.2, 0.25) is 5.91 Å². The van der Waals surface area contributed by atoms with E-state index in [1.807, 2.05) is 4.90 Å². The normalized spacial score (nSPS) is 19.2. The number of carbonyl (C=O) groups is 1. The van der Waals surface area contributed by atoms with Gasteiger partial charge in [0, 0.05) is 25.7 Å². The van der Waals surface area contributed by atoms with Gasteiger partial charge in [-0.2, -0.15) is 0 Å². The zero-order valence-electron chi connectivity index (χ0n) is 11.8. The first-order chi connectivity index (χ1) is 10.0. The first kappa shape index (κ1) is 15.8. The Morgan fingerprint density at radius 2 is 2.38 bits per heavy atom. The molecule has 0 radical (unpaired) electrons. The molecule has 1 aliphatic rings. The van der Waals surface area contributed by atoms with E-state index in [2.05, 4.69) is 5.32 Å². The lowest BCUT2D eigenvalue weighted by Gasteiger charge is -2.34. The number of nitrogens with zero attached hydrogens (tertiary/aromatic N) is 1. The van der Waals surface area contributed by atoms with Crippen LogP contribution in [0, 0.1) is 5.82 Å². The minimum atomic E-state index is -0.383. The fourth-order valence-corrected chi connectivity index (χ4v) is 2.56. The maximum Gasteiger partial charge on any atom is 0.239 e. The van der Waals surface area contributed by atoms with Gasteiger partial charge >= 0.3 is 0 Å². The molecule has 1 amide bonds. The van der Waals surface area contributed by atoms with E-state index in [4.69, 9.17) is 22.7 Å². The van der Waals surface area contributed by atoms with E-state index in [9.17, 15) is 9.18 Å². The Balaban J connectivity index is 2.23. The molecule has 1 aliphatic heterocycles. The number of ether oxygens (including phenoxy) is 1. The van der Waals surface area contributed by atoms with Crippen molar-refractivity contribution in [3.63, 3.8) is 0 Å². The van der Waals surface area contributed by atoms with E-state index >= 15 is 0 Å². The predicted molar refractivity (Wildman–Crippen MR) is 81.4 cm³/mol. The summed E-state index contributed by atoms with van der Waals surface area (Å²) in [6, 6.07) is 3.98. The maximum atomic E-state index is 13.3. The van der Waals surface area contributed by atoms with E-state index in [1.165, 1.54) is 12.1 Å². The van der Waals surface area contributed by atoms with Gasteiger partial charge in [-0.1, -0.05) is 18.3 Å². The smallest absolute Gasteiger partial charge is 0.239 e. The lowest BCUT2D eigenvalue weighted by atomic mass is 10.1. The SMILES string of the molecule is CNC(=O)C1COCCN1Cc1ccc(F)cc1C(N)=S. The van der Waals surface area contributed by atoms with Crippen LogP contribution in [0.5, 0.6) is 0 Å². The van der Waals surface area contributed by atoms with Crippen molar-refractivity contribution in [2.24, 2.45) is 5.73 Å². The minimum Gasteiger partial charge on any atom is -0.389 e. The molecule has 1 aromatic rings. The molecule has 21 heavy (non-hydrogen) atoms. The van der Waals surface area contributed by atoms with Gasteiger partial charge in [-0.05, 0) is 17.7 Å². The van der Waals surface area contributed by atoms with E-state index in [-0.39, 0.29) is 22.8 Å². The molecule has 0 aliphatic carbocycles. The van der Waals surface area contributed by atoms with Crippen LogP contribution in [-0.4, -0.2) is 48.6 Å². The third kappa shape index (κ3) is 3.75. The molecule has 1 heterocycles. The second kappa shape index (κ2) is 6.93. The summed E-state index contributed by atoms with van der Waals surface area (Å²) < 4.78 is 18.7. The second-order valence-corrected chi connectivity index (χ2v) is 5.28. The number of hydrogen-bond acceptors (Lipinski definition) is 4. The Morgan fingerprint density at radius 3 is 3.05 bits per heavy atom. The lowest BCUT2D eigenvalue weighted by molar-refractivity contribution is -0.132. The number of nitrogens with two attached hydrogens (primary N) is 1. The Labute approximate surface area is 128 Å². The summed E-state index contributed by atoms with van der Waals surface area (Å²) in [6.45, 7) is 1.97. The van der Waals surface area contributed by atoms with Crippen molar-refractivity contribution < 1.29 is 13.9 Å². The molecule has 3 N–H and O–H groups in total. The number of likely N-dealkylation sites (N-methyl/N-ethyl adjacent to an activating group) is 1. The average Bonchev–Trinajstić information content (AvgIpc) is 2.48. The van der Waals surface area contributed by atoms with Crippen molar-refractivity contribution in [3.8, 4) is 0 Å². The maximum absolute atomic E-state index is 13.3. The van der Waals surface area contributed by atoms with E-state index in [0.29, 0.717) is 31.9 Å². The van der Waals surface area contributed by atoms with Gasteiger partial charge in [0.05, 0.1) is 13.2 Å². The molecule has 1 fully saturated rings. The Morgan fingerprint density at radius 1 is 1.62 bits per heavy atom. The summed E-state index contributed by atoms with van der Waals surface area (Å²) in [5.74, 6) is -0.486. The molecular formula is C14H18FN3O2S. The van der Waals surface area contributed by atoms with Gasteiger partial charge in [0.25, 0.3) is 0 Å². The van der Waals surface area contributed by atoms with Crippen LogP contribution in [0.25, 0.3) is 0 Å². The molecule has 5 nitrogen and oxygen atoms in total. The molecule has 7 heteroatoms. The number of benzene rings is 1. The third-order valence-corrected chi connectivity index (χ3v) is 3.72. The summed E-state index contributed by atoms with van der Waals surface area (Å²) in [7, 11) is 1.59. The van der Waals surface area contributed by atoms with Crippen molar-refractivity contribution in [1.82, 2.24) is 10.2 Å². The molecule has 0 aromatic heterocycles. The fourth-order valence-electron chi connectivity index (χ4n) is 2.37. The number of amides is 1. The first-order valence-electron chi connectivity index (χ1n) is 6.64. The number of thiocarbonyl (C=S) groups is 1. The van der Waals surface area contributed by atoms with Crippen LogP contribution in [0.2, 0.25) is 0 Å². The minimum absolute atomic E-state index is 0.103. The summed E-state index contributed by atoms with van der Waals surface area (Å²) in [5.41, 5.74) is 6.96.